The van der Waals surface area contributed by atoms with Gasteiger partial charge in [0.15, 0.2) is 0 Å². The van der Waals surface area contributed by atoms with E-state index in [0.29, 0.717) is 0 Å². The minimum Gasteiger partial charge on any atom is -0.0958 e. The van der Waals surface area contributed by atoms with Crippen LogP contribution in [0.5, 0.6) is 0 Å². The molecule has 0 aliphatic heterocycles. The first-order valence-electron chi connectivity index (χ1n) is 4.80. The first-order valence-corrected chi connectivity index (χ1v) is 4.80. The van der Waals surface area contributed by atoms with Crippen LogP contribution < -0.4 is 0 Å². The number of hydrogen-bond acceptors (Lipinski definition) is 0. The Morgan fingerprint density at radius 3 is 1.92 bits per heavy atom. The van der Waals surface area contributed by atoms with Gasteiger partial charge in [0.2, 0.25) is 0 Å². The predicted octanol–water partition coefficient (Wildman–Crippen LogP) is 4.50. The first-order chi connectivity index (χ1) is 5.83. The van der Waals surface area contributed by atoms with Crippen molar-refractivity contribution in [2.24, 2.45) is 5.41 Å². The van der Waals surface area contributed by atoms with Gasteiger partial charge in [-0.2, -0.15) is 0 Å². The smallest absolute Gasteiger partial charge is 0.00371 e. The molecule has 0 saturated carbocycles. The van der Waals surface area contributed by atoms with Crippen LogP contribution in [0.2, 0.25) is 0 Å². The van der Waals surface area contributed by atoms with E-state index < -0.39 is 0 Å². The average Bonchev–Trinajstić information content (AvgIpc) is 2.01. The largest absolute Gasteiger partial charge is 0.0958 e. The highest BCUT2D eigenvalue weighted by Crippen LogP contribution is 2.31. The Morgan fingerprint density at radius 2 is 1.62 bits per heavy atom. The Kier molecular flexibility index (Phi) is 4.19. The molecule has 0 unspecified atom stereocenters. The van der Waals surface area contributed by atoms with Gasteiger partial charge in [0.25, 0.3) is 0 Å². The summed E-state index contributed by atoms with van der Waals surface area (Å²) in [7, 11) is 0. The standard InChI is InChI=1S/C13H22/c1-8-9-13(6,7)12(5)11(4)10(2)3/h8-9H,2H2,1,3-7H3/b9-8?,12-11+. The molecule has 0 radical (unpaired) electrons. The van der Waals surface area contributed by atoms with Crippen molar-refractivity contribution in [2.75, 3.05) is 0 Å². The van der Waals surface area contributed by atoms with Gasteiger partial charge in [-0.25, -0.2) is 0 Å². The molecule has 0 heterocycles. The molecule has 13 heavy (non-hydrogen) atoms. The van der Waals surface area contributed by atoms with Gasteiger partial charge in [-0.1, -0.05) is 43.7 Å². The van der Waals surface area contributed by atoms with E-state index in [9.17, 15) is 0 Å². The average molecular weight is 178 g/mol. The molecular weight excluding hydrogens is 156 g/mol. The molecule has 0 nitrogen and oxygen atoms in total. The van der Waals surface area contributed by atoms with Gasteiger partial charge in [-0.05, 0) is 33.3 Å². The lowest BCUT2D eigenvalue weighted by Crippen LogP contribution is -2.11. The number of allylic oxidation sites excluding steroid dienone is 5. The Hall–Kier alpha value is -0.780. The van der Waals surface area contributed by atoms with Crippen molar-refractivity contribution >= 4 is 0 Å². The number of hydrogen-bond donors (Lipinski definition) is 0. The van der Waals surface area contributed by atoms with Crippen LogP contribution in [0, 0.1) is 5.41 Å². The Bertz CT molecular complexity index is 249. The maximum atomic E-state index is 3.97. The summed E-state index contributed by atoms with van der Waals surface area (Å²) in [4.78, 5) is 0. The third-order valence-electron chi connectivity index (χ3n) is 2.75. The molecule has 0 saturated heterocycles. The molecule has 0 fully saturated rings. The van der Waals surface area contributed by atoms with Crippen LogP contribution in [0.4, 0.5) is 0 Å². The van der Waals surface area contributed by atoms with E-state index in [2.05, 4.69) is 60.3 Å². The molecule has 0 spiro atoms. The van der Waals surface area contributed by atoms with Crippen LogP contribution in [0.15, 0.2) is 35.5 Å². The number of rotatable bonds is 3. The molecule has 0 aromatic carbocycles. The van der Waals surface area contributed by atoms with Crippen molar-refractivity contribution in [3.63, 3.8) is 0 Å². The molecule has 0 atom stereocenters. The van der Waals surface area contributed by atoms with Crippen LogP contribution in [-0.4, -0.2) is 0 Å². The van der Waals surface area contributed by atoms with E-state index in [4.69, 9.17) is 0 Å². The summed E-state index contributed by atoms with van der Waals surface area (Å²) in [5, 5.41) is 0. The highest BCUT2D eigenvalue weighted by Gasteiger charge is 2.17. The summed E-state index contributed by atoms with van der Waals surface area (Å²) in [6.07, 6.45) is 4.34. The van der Waals surface area contributed by atoms with Gasteiger partial charge in [0.1, 0.15) is 0 Å². The fourth-order valence-electron chi connectivity index (χ4n) is 1.35. The zero-order valence-corrected chi connectivity index (χ0v) is 9.86. The van der Waals surface area contributed by atoms with Crippen molar-refractivity contribution in [1.82, 2.24) is 0 Å². The summed E-state index contributed by atoms with van der Waals surface area (Å²) in [6.45, 7) is 16.9. The van der Waals surface area contributed by atoms with Crippen molar-refractivity contribution in [1.29, 1.82) is 0 Å². The summed E-state index contributed by atoms with van der Waals surface area (Å²) < 4.78 is 0. The predicted molar refractivity (Wildman–Crippen MR) is 61.8 cm³/mol. The molecule has 0 bridgehead atoms. The molecule has 0 aromatic heterocycles. The van der Waals surface area contributed by atoms with Crippen molar-refractivity contribution in [3.05, 3.63) is 35.5 Å². The fraction of sp³-hybridized carbons (Fsp3) is 0.538. The van der Waals surface area contributed by atoms with Crippen LogP contribution in [0.25, 0.3) is 0 Å². The highest BCUT2D eigenvalue weighted by atomic mass is 14.2. The van der Waals surface area contributed by atoms with E-state index >= 15 is 0 Å². The van der Waals surface area contributed by atoms with Gasteiger partial charge in [-0.3, -0.25) is 0 Å². The molecule has 0 amide bonds. The molecule has 74 valence electrons. The van der Waals surface area contributed by atoms with Gasteiger partial charge < -0.3 is 0 Å². The molecular formula is C13H22. The maximum Gasteiger partial charge on any atom is 0.00371 e. The zero-order chi connectivity index (χ0) is 10.6. The minimum atomic E-state index is 0.151. The van der Waals surface area contributed by atoms with E-state index in [1.807, 2.05) is 0 Å². The van der Waals surface area contributed by atoms with Crippen LogP contribution in [0.3, 0.4) is 0 Å². The van der Waals surface area contributed by atoms with E-state index in [-0.39, 0.29) is 5.41 Å². The second kappa shape index (κ2) is 4.45. The Morgan fingerprint density at radius 1 is 1.15 bits per heavy atom. The molecule has 0 rings (SSSR count). The summed E-state index contributed by atoms with van der Waals surface area (Å²) in [5.74, 6) is 0. The third-order valence-corrected chi connectivity index (χ3v) is 2.75. The van der Waals surface area contributed by atoms with Gasteiger partial charge in [0, 0.05) is 5.41 Å². The van der Waals surface area contributed by atoms with Crippen molar-refractivity contribution < 1.29 is 0 Å². The van der Waals surface area contributed by atoms with Crippen LogP contribution in [0.1, 0.15) is 41.5 Å². The SMILES string of the molecule is C=C(C)/C(C)=C(\C)C(C)(C)C=CC. The fourth-order valence-corrected chi connectivity index (χ4v) is 1.35. The second-order valence-corrected chi connectivity index (χ2v) is 4.25. The van der Waals surface area contributed by atoms with Gasteiger partial charge in [0.05, 0.1) is 0 Å². The first kappa shape index (κ1) is 12.2. The van der Waals surface area contributed by atoms with E-state index in [1.54, 1.807) is 0 Å². The lowest BCUT2D eigenvalue weighted by Gasteiger charge is -2.24. The monoisotopic (exact) mass is 178 g/mol. The summed E-state index contributed by atoms with van der Waals surface area (Å²) >= 11 is 0. The molecule has 0 aromatic rings. The topological polar surface area (TPSA) is 0 Å². The zero-order valence-electron chi connectivity index (χ0n) is 9.86. The third kappa shape index (κ3) is 3.22. The lowest BCUT2D eigenvalue weighted by atomic mass is 9.81. The summed E-state index contributed by atoms with van der Waals surface area (Å²) in [5.41, 5.74) is 4.04. The second-order valence-electron chi connectivity index (χ2n) is 4.25. The van der Waals surface area contributed by atoms with Gasteiger partial charge >= 0.3 is 0 Å². The van der Waals surface area contributed by atoms with E-state index in [0.717, 1.165) is 5.57 Å². The Balaban J connectivity index is 5.07. The van der Waals surface area contributed by atoms with Crippen molar-refractivity contribution in [2.45, 2.75) is 41.5 Å². The molecule has 0 aliphatic rings. The van der Waals surface area contributed by atoms with Crippen LogP contribution >= 0.6 is 0 Å². The summed E-state index contributed by atoms with van der Waals surface area (Å²) in [6, 6.07) is 0. The molecule has 0 aliphatic carbocycles. The Labute approximate surface area is 83.0 Å². The quantitative estimate of drug-likeness (QED) is 0.441. The maximum absolute atomic E-state index is 3.97. The minimum absolute atomic E-state index is 0.151. The van der Waals surface area contributed by atoms with Gasteiger partial charge in [-0.15, -0.1) is 0 Å². The lowest BCUT2D eigenvalue weighted by molar-refractivity contribution is 0.573. The molecule has 0 N–H and O–H groups in total. The normalized spacial score (nSPS) is 14.6. The van der Waals surface area contributed by atoms with Crippen LogP contribution in [-0.2, 0) is 0 Å². The van der Waals surface area contributed by atoms with E-state index in [1.165, 1.54) is 11.1 Å². The highest BCUT2D eigenvalue weighted by molar-refractivity contribution is 5.34. The van der Waals surface area contributed by atoms with Crippen molar-refractivity contribution in [3.8, 4) is 0 Å². The molecule has 0 heteroatoms.